The summed E-state index contributed by atoms with van der Waals surface area (Å²) in [5.74, 6) is -0.379. The minimum atomic E-state index is -1.20. The number of hydrogen-bond acceptors (Lipinski definition) is 6. The maximum absolute atomic E-state index is 12.2. The Morgan fingerprint density at radius 2 is 2.00 bits per heavy atom. The van der Waals surface area contributed by atoms with Gasteiger partial charge in [0.05, 0.1) is 12.2 Å². The lowest BCUT2D eigenvalue weighted by Gasteiger charge is -2.67. The van der Waals surface area contributed by atoms with E-state index in [0.29, 0.717) is 24.8 Å². The molecule has 28 heavy (non-hydrogen) atoms. The quantitative estimate of drug-likeness (QED) is 0.447. The average molecular weight is 387 g/mol. The number of hydrogen-bond donors (Lipinski definition) is 3. The van der Waals surface area contributed by atoms with E-state index >= 15 is 0 Å². The number of ether oxygens (including phenoxy) is 1. The fraction of sp³-hybridized carbons (Fsp3) is 0.864. The van der Waals surface area contributed by atoms with Crippen LogP contribution in [-0.4, -0.2) is 68.7 Å². The predicted molar refractivity (Wildman–Crippen MR) is 97.9 cm³/mol. The molecule has 9 fully saturated rings. The molecule has 0 aromatic carbocycles. The van der Waals surface area contributed by atoms with Gasteiger partial charge in [0.1, 0.15) is 11.7 Å². The first-order valence-electron chi connectivity index (χ1n) is 10.8. The molecule has 3 saturated heterocycles. The van der Waals surface area contributed by atoms with Gasteiger partial charge in [0.2, 0.25) is 0 Å². The van der Waals surface area contributed by atoms with Crippen LogP contribution in [0.3, 0.4) is 0 Å². The van der Waals surface area contributed by atoms with E-state index in [0.717, 1.165) is 25.0 Å². The number of esters is 1. The molecule has 6 heteroatoms. The second-order valence-electron chi connectivity index (χ2n) is 11.5. The van der Waals surface area contributed by atoms with Crippen LogP contribution in [0.5, 0.6) is 0 Å². The molecule has 0 radical (unpaired) electrons. The van der Waals surface area contributed by atoms with E-state index in [9.17, 15) is 20.1 Å². The zero-order chi connectivity index (χ0) is 19.6. The van der Waals surface area contributed by atoms with Gasteiger partial charge in [-0.05, 0) is 37.0 Å². The van der Waals surface area contributed by atoms with Crippen molar-refractivity contribution < 1.29 is 24.9 Å². The smallest absolute Gasteiger partial charge is 0.302 e. The standard InChI is InChI=1S/C22H29NO5/c1-9-4-20-7-12-15-19(3)5-11(28-10(2)24)6-21(15)16(20)14(25)13(9)17(26)22(20,27)18(21)23(12)8-19/h11-18,25-27H,1,4-8H2,2-3H3/t11-,12?,13+,14+,15+,16+,17?,18-,19-,20+,21?,22-/m0/s1. The third-order valence-corrected chi connectivity index (χ3v) is 10.6. The summed E-state index contributed by atoms with van der Waals surface area (Å²) in [6.45, 7) is 8.85. The number of nitrogens with zero attached hydrogens (tertiary/aromatic N) is 1. The van der Waals surface area contributed by atoms with Gasteiger partial charge in [0, 0.05) is 48.2 Å². The highest BCUT2D eigenvalue weighted by Gasteiger charge is 2.94. The van der Waals surface area contributed by atoms with Crippen molar-refractivity contribution in [1.82, 2.24) is 4.90 Å². The minimum Gasteiger partial charge on any atom is -0.463 e. The summed E-state index contributed by atoms with van der Waals surface area (Å²) < 4.78 is 5.75. The van der Waals surface area contributed by atoms with Crippen LogP contribution in [0.2, 0.25) is 0 Å². The van der Waals surface area contributed by atoms with Crippen molar-refractivity contribution in [3.63, 3.8) is 0 Å². The molecule has 152 valence electrons. The normalized spacial score (nSPS) is 69.3. The Balaban J connectivity index is 1.49. The van der Waals surface area contributed by atoms with Crippen LogP contribution in [0.1, 0.15) is 39.5 Å². The lowest BCUT2D eigenvalue weighted by Crippen LogP contribution is -2.76. The van der Waals surface area contributed by atoms with Crippen LogP contribution in [0.4, 0.5) is 0 Å². The van der Waals surface area contributed by atoms with Crippen molar-refractivity contribution in [2.24, 2.45) is 34.0 Å². The maximum atomic E-state index is 12.2. The molecule has 9 rings (SSSR count). The molecule has 6 saturated carbocycles. The van der Waals surface area contributed by atoms with Gasteiger partial charge in [-0.2, -0.15) is 0 Å². The van der Waals surface area contributed by atoms with Crippen molar-refractivity contribution in [2.45, 2.75) is 75.5 Å². The van der Waals surface area contributed by atoms with E-state index in [-0.39, 0.29) is 34.9 Å². The fourth-order valence-electron chi connectivity index (χ4n) is 11.0. The first kappa shape index (κ1) is 16.8. The molecule has 0 aromatic rings. The highest BCUT2D eigenvalue weighted by molar-refractivity contribution is 5.66. The van der Waals surface area contributed by atoms with E-state index in [4.69, 9.17) is 4.74 Å². The molecule has 3 aliphatic heterocycles. The van der Waals surface area contributed by atoms with Crippen LogP contribution < -0.4 is 0 Å². The number of aliphatic hydroxyl groups is 3. The molecule has 0 amide bonds. The molecule has 4 unspecified atom stereocenters. The van der Waals surface area contributed by atoms with Crippen LogP contribution in [-0.2, 0) is 9.53 Å². The molecule has 0 aromatic heterocycles. The second-order valence-corrected chi connectivity index (χ2v) is 11.5. The number of aliphatic hydroxyl groups excluding tert-OH is 2. The van der Waals surface area contributed by atoms with Gasteiger partial charge in [-0.3, -0.25) is 9.69 Å². The van der Waals surface area contributed by atoms with Gasteiger partial charge in [-0.1, -0.05) is 19.1 Å². The van der Waals surface area contributed by atoms with Crippen LogP contribution in [0.15, 0.2) is 12.2 Å². The van der Waals surface area contributed by atoms with Crippen molar-refractivity contribution in [3.8, 4) is 0 Å². The molecule has 6 nitrogen and oxygen atoms in total. The van der Waals surface area contributed by atoms with Crippen molar-refractivity contribution in [2.75, 3.05) is 6.54 Å². The Kier molecular flexibility index (Phi) is 2.55. The van der Waals surface area contributed by atoms with Gasteiger partial charge < -0.3 is 20.1 Å². The highest BCUT2D eigenvalue weighted by Crippen LogP contribution is 2.88. The summed E-state index contributed by atoms with van der Waals surface area (Å²) in [5, 5.41) is 35.1. The van der Waals surface area contributed by atoms with Crippen molar-refractivity contribution in [3.05, 3.63) is 12.2 Å². The van der Waals surface area contributed by atoms with Crippen molar-refractivity contribution in [1.29, 1.82) is 0 Å². The third kappa shape index (κ3) is 1.26. The zero-order valence-electron chi connectivity index (χ0n) is 16.5. The average Bonchev–Trinajstić information content (AvgIpc) is 2.97. The number of piperidine rings is 2. The maximum Gasteiger partial charge on any atom is 0.302 e. The Bertz CT molecular complexity index is 860. The highest BCUT2D eigenvalue weighted by atomic mass is 16.5. The molecule has 3 heterocycles. The summed E-state index contributed by atoms with van der Waals surface area (Å²) in [6, 6.07) is 0.245. The summed E-state index contributed by atoms with van der Waals surface area (Å²) in [6.07, 6.45) is 1.27. The van der Waals surface area contributed by atoms with Crippen LogP contribution >= 0.6 is 0 Å². The number of rotatable bonds is 1. The first-order chi connectivity index (χ1) is 13.1. The van der Waals surface area contributed by atoms with Gasteiger partial charge in [0.15, 0.2) is 0 Å². The summed E-state index contributed by atoms with van der Waals surface area (Å²) in [7, 11) is 0. The molecule has 9 aliphatic rings. The van der Waals surface area contributed by atoms with E-state index in [2.05, 4.69) is 18.4 Å². The Labute approximate surface area is 164 Å². The van der Waals surface area contributed by atoms with E-state index in [1.165, 1.54) is 6.92 Å². The lowest BCUT2D eigenvalue weighted by molar-refractivity contribution is -0.280. The summed E-state index contributed by atoms with van der Waals surface area (Å²) in [4.78, 5) is 14.3. The van der Waals surface area contributed by atoms with E-state index in [1.807, 2.05) is 0 Å². The molecule has 6 aliphatic carbocycles. The SMILES string of the molecule is C=C1C[C@]23CC4[C@H]5C67C[C@@H](OC(C)=O)C[C@@]5(C)CN4[C@@H]6[C@@]2(O)C(O)[C@H]1[C@@H](O)[C@@H]73. The Morgan fingerprint density at radius 1 is 1.25 bits per heavy atom. The fourth-order valence-corrected chi connectivity index (χ4v) is 11.0. The van der Waals surface area contributed by atoms with E-state index < -0.39 is 29.1 Å². The zero-order valence-corrected chi connectivity index (χ0v) is 16.5. The molecule has 9 bridgehead atoms. The van der Waals surface area contributed by atoms with Crippen LogP contribution in [0, 0.1) is 34.0 Å². The topological polar surface area (TPSA) is 90.2 Å². The molecule has 3 N–H and O–H groups in total. The lowest BCUT2D eigenvalue weighted by atomic mass is 9.39. The van der Waals surface area contributed by atoms with Crippen LogP contribution in [0.25, 0.3) is 0 Å². The predicted octanol–water partition coefficient (Wildman–Crippen LogP) is 0.450. The number of carbonyl (C=O) groups excluding carboxylic acids is 1. The first-order valence-corrected chi connectivity index (χ1v) is 10.8. The monoisotopic (exact) mass is 387 g/mol. The second kappa shape index (κ2) is 4.25. The molecular formula is C22H29NO5. The third-order valence-electron chi connectivity index (χ3n) is 10.6. The minimum absolute atomic E-state index is 0.0237. The Hall–Kier alpha value is -0.950. The van der Waals surface area contributed by atoms with Gasteiger partial charge in [-0.25, -0.2) is 0 Å². The molecule has 2 spiro atoms. The number of carbonyl (C=O) groups is 1. The van der Waals surface area contributed by atoms with Gasteiger partial charge in [-0.15, -0.1) is 0 Å². The van der Waals surface area contributed by atoms with Gasteiger partial charge in [0.25, 0.3) is 0 Å². The van der Waals surface area contributed by atoms with Crippen molar-refractivity contribution >= 4 is 5.97 Å². The van der Waals surface area contributed by atoms with Gasteiger partial charge >= 0.3 is 5.97 Å². The number of fused-ring (bicyclic) bond motifs is 1. The molecule has 13 atom stereocenters. The summed E-state index contributed by atoms with van der Waals surface area (Å²) >= 11 is 0. The molecular weight excluding hydrogens is 358 g/mol. The van der Waals surface area contributed by atoms with E-state index in [1.54, 1.807) is 0 Å². The summed E-state index contributed by atoms with van der Waals surface area (Å²) in [5.41, 5.74) is -1.07. The largest absolute Gasteiger partial charge is 0.463 e. The Morgan fingerprint density at radius 3 is 2.71 bits per heavy atom.